The molecular formula is C13H24O9S. The molecule has 2 aliphatic rings. The van der Waals surface area contributed by atoms with Gasteiger partial charge in [-0.3, -0.25) is 0 Å². The molecule has 6 N–H and O–H groups in total. The standard InChI is InChI=1S/C13H24O9S/c1-2-4-6(14)8(16)10(18)12(20-4)22-13-11(19)9(17)7(15)5(3-23)21-13/h4-19,23H,2-3H2,1H3. The highest BCUT2D eigenvalue weighted by Gasteiger charge is 2.49. The van der Waals surface area contributed by atoms with Crippen molar-refractivity contribution in [1.82, 2.24) is 0 Å². The van der Waals surface area contributed by atoms with Gasteiger partial charge in [-0.05, 0) is 6.42 Å². The van der Waals surface area contributed by atoms with Gasteiger partial charge >= 0.3 is 0 Å². The van der Waals surface area contributed by atoms with Crippen LogP contribution in [-0.2, 0) is 14.2 Å². The molecule has 9 nitrogen and oxygen atoms in total. The third-order valence-electron chi connectivity index (χ3n) is 4.19. The van der Waals surface area contributed by atoms with Crippen molar-refractivity contribution in [1.29, 1.82) is 0 Å². The van der Waals surface area contributed by atoms with Crippen molar-refractivity contribution in [3.63, 3.8) is 0 Å². The van der Waals surface area contributed by atoms with Gasteiger partial charge in [0.05, 0.1) is 12.2 Å². The molecule has 0 aromatic carbocycles. The molecule has 0 aromatic rings. The van der Waals surface area contributed by atoms with Crippen molar-refractivity contribution in [3.05, 3.63) is 0 Å². The van der Waals surface area contributed by atoms with E-state index in [0.717, 1.165) is 0 Å². The molecule has 0 aromatic heterocycles. The lowest BCUT2D eigenvalue weighted by atomic mass is 9.97. The summed E-state index contributed by atoms with van der Waals surface area (Å²) in [6, 6.07) is 0. The lowest BCUT2D eigenvalue weighted by Crippen LogP contribution is -2.63. The molecular weight excluding hydrogens is 332 g/mol. The number of rotatable bonds is 4. The van der Waals surface area contributed by atoms with Gasteiger partial charge in [0.2, 0.25) is 0 Å². The molecule has 2 fully saturated rings. The van der Waals surface area contributed by atoms with E-state index in [-0.39, 0.29) is 5.75 Å². The van der Waals surface area contributed by atoms with Gasteiger partial charge in [0.15, 0.2) is 12.6 Å². The van der Waals surface area contributed by atoms with Gasteiger partial charge in [0.25, 0.3) is 0 Å². The van der Waals surface area contributed by atoms with E-state index in [1.807, 2.05) is 0 Å². The minimum atomic E-state index is -1.58. The minimum absolute atomic E-state index is 0.0673. The number of ether oxygens (including phenoxy) is 3. The third-order valence-corrected chi connectivity index (χ3v) is 4.55. The van der Waals surface area contributed by atoms with E-state index >= 15 is 0 Å². The van der Waals surface area contributed by atoms with Crippen LogP contribution in [0, 0.1) is 0 Å². The Morgan fingerprint density at radius 1 is 0.739 bits per heavy atom. The number of hydrogen-bond acceptors (Lipinski definition) is 10. The zero-order chi connectivity index (χ0) is 17.3. The number of thiol groups is 1. The highest BCUT2D eigenvalue weighted by Crippen LogP contribution is 2.29. The molecule has 2 rings (SSSR count). The van der Waals surface area contributed by atoms with Crippen LogP contribution in [0.1, 0.15) is 13.3 Å². The van der Waals surface area contributed by atoms with E-state index in [1.54, 1.807) is 6.92 Å². The number of aliphatic hydroxyl groups excluding tert-OH is 6. The Labute approximate surface area is 138 Å². The average molecular weight is 356 g/mol. The van der Waals surface area contributed by atoms with E-state index < -0.39 is 61.4 Å². The largest absolute Gasteiger partial charge is 0.388 e. The highest BCUT2D eigenvalue weighted by molar-refractivity contribution is 7.80. The van der Waals surface area contributed by atoms with E-state index in [0.29, 0.717) is 6.42 Å². The first-order valence-electron chi connectivity index (χ1n) is 7.47. The zero-order valence-corrected chi connectivity index (χ0v) is 13.4. The fourth-order valence-electron chi connectivity index (χ4n) is 2.68. The predicted octanol–water partition coefficient (Wildman–Crippen LogP) is -3.04. The maximum Gasteiger partial charge on any atom is 0.189 e. The molecule has 10 unspecified atom stereocenters. The molecule has 2 saturated heterocycles. The topological polar surface area (TPSA) is 149 Å². The molecule has 10 heteroatoms. The van der Waals surface area contributed by atoms with Crippen LogP contribution in [0.25, 0.3) is 0 Å². The van der Waals surface area contributed by atoms with Gasteiger partial charge in [-0.1, -0.05) is 6.92 Å². The van der Waals surface area contributed by atoms with Crippen molar-refractivity contribution >= 4 is 12.6 Å². The summed E-state index contributed by atoms with van der Waals surface area (Å²) in [5.41, 5.74) is 0. The second-order valence-corrected chi connectivity index (χ2v) is 6.12. The van der Waals surface area contributed by atoms with Crippen molar-refractivity contribution in [2.24, 2.45) is 0 Å². The van der Waals surface area contributed by atoms with Crippen molar-refractivity contribution in [2.45, 2.75) is 74.8 Å². The van der Waals surface area contributed by atoms with E-state index in [9.17, 15) is 30.6 Å². The smallest absolute Gasteiger partial charge is 0.189 e. The SMILES string of the molecule is CCC1OC(OC2OC(CS)C(O)C(O)C2O)C(O)C(O)C1O. The maximum atomic E-state index is 9.95. The molecule has 0 radical (unpaired) electrons. The van der Waals surface area contributed by atoms with Gasteiger partial charge in [-0.15, -0.1) is 0 Å². The molecule has 2 heterocycles. The first kappa shape index (κ1) is 19.3. The van der Waals surface area contributed by atoms with Crippen molar-refractivity contribution in [2.75, 3.05) is 5.75 Å². The second-order valence-electron chi connectivity index (χ2n) is 5.76. The third kappa shape index (κ3) is 3.82. The molecule has 2 aliphatic heterocycles. The molecule has 0 saturated carbocycles. The average Bonchev–Trinajstić information content (AvgIpc) is 2.55. The molecule has 0 spiro atoms. The molecule has 0 amide bonds. The Hall–Kier alpha value is -0.0100. The Morgan fingerprint density at radius 2 is 1.17 bits per heavy atom. The molecule has 136 valence electrons. The van der Waals surface area contributed by atoms with Crippen LogP contribution in [0.5, 0.6) is 0 Å². The van der Waals surface area contributed by atoms with Crippen LogP contribution in [0.3, 0.4) is 0 Å². The Morgan fingerprint density at radius 3 is 1.61 bits per heavy atom. The van der Waals surface area contributed by atoms with Crippen LogP contribution in [0.15, 0.2) is 0 Å². The van der Waals surface area contributed by atoms with E-state index in [2.05, 4.69) is 12.6 Å². The quantitative estimate of drug-likeness (QED) is 0.261. The van der Waals surface area contributed by atoms with Crippen LogP contribution >= 0.6 is 12.6 Å². The van der Waals surface area contributed by atoms with Gasteiger partial charge in [-0.25, -0.2) is 0 Å². The van der Waals surface area contributed by atoms with Gasteiger partial charge < -0.3 is 44.8 Å². The predicted molar refractivity (Wildman–Crippen MR) is 78.6 cm³/mol. The molecule has 23 heavy (non-hydrogen) atoms. The normalized spacial score (nSPS) is 51.7. The maximum absolute atomic E-state index is 9.95. The van der Waals surface area contributed by atoms with Crippen LogP contribution in [0.2, 0.25) is 0 Å². The summed E-state index contributed by atoms with van der Waals surface area (Å²) in [7, 11) is 0. The summed E-state index contributed by atoms with van der Waals surface area (Å²) in [6.45, 7) is 1.72. The number of hydrogen-bond donors (Lipinski definition) is 7. The van der Waals surface area contributed by atoms with Crippen LogP contribution in [0.4, 0.5) is 0 Å². The Bertz CT molecular complexity index is 348. The Balaban J connectivity index is 2.07. The van der Waals surface area contributed by atoms with Crippen LogP contribution in [-0.4, -0.2) is 97.8 Å². The Kier molecular flexibility index (Phi) is 6.65. The summed E-state index contributed by atoms with van der Waals surface area (Å²) in [5.74, 6) is 0.0673. The molecule has 0 aliphatic carbocycles. The second kappa shape index (κ2) is 7.91. The summed E-state index contributed by atoms with van der Waals surface area (Å²) in [6.07, 6.45) is -12.8. The van der Waals surface area contributed by atoms with Gasteiger partial charge in [0, 0.05) is 5.75 Å². The lowest BCUT2D eigenvalue weighted by molar-refractivity contribution is -0.371. The van der Waals surface area contributed by atoms with Crippen molar-refractivity contribution in [3.8, 4) is 0 Å². The zero-order valence-electron chi connectivity index (χ0n) is 12.5. The summed E-state index contributed by atoms with van der Waals surface area (Å²) in [4.78, 5) is 0. The fraction of sp³-hybridized carbons (Fsp3) is 1.00. The minimum Gasteiger partial charge on any atom is -0.388 e. The van der Waals surface area contributed by atoms with E-state index in [1.165, 1.54) is 0 Å². The number of aliphatic hydroxyl groups is 6. The first-order chi connectivity index (χ1) is 10.8. The molecule has 10 atom stereocenters. The molecule has 0 bridgehead atoms. The highest BCUT2D eigenvalue weighted by atomic mass is 32.1. The van der Waals surface area contributed by atoms with Crippen LogP contribution < -0.4 is 0 Å². The fourth-order valence-corrected chi connectivity index (χ4v) is 2.98. The first-order valence-corrected chi connectivity index (χ1v) is 8.10. The van der Waals surface area contributed by atoms with Gasteiger partial charge in [-0.2, -0.15) is 12.6 Å². The summed E-state index contributed by atoms with van der Waals surface area (Å²) < 4.78 is 16.0. The van der Waals surface area contributed by atoms with E-state index in [4.69, 9.17) is 14.2 Å². The lowest BCUT2D eigenvalue weighted by Gasteiger charge is -2.44. The summed E-state index contributed by atoms with van der Waals surface area (Å²) in [5, 5.41) is 59.1. The monoisotopic (exact) mass is 356 g/mol. The summed E-state index contributed by atoms with van der Waals surface area (Å²) >= 11 is 3.99. The van der Waals surface area contributed by atoms with Crippen molar-refractivity contribution < 1.29 is 44.8 Å². The van der Waals surface area contributed by atoms with Gasteiger partial charge in [0.1, 0.15) is 36.6 Å².